The largest absolute Gasteiger partial charge is 0.354 e. The summed E-state index contributed by atoms with van der Waals surface area (Å²) in [5, 5.41) is 3.38. The average molecular weight is 348 g/mol. The van der Waals surface area contributed by atoms with Crippen molar-refractivity contribution in [3.05, 3.63) is 59.0 Å². The number of halogens is 2. The van der Waals surface area contributed by atoms with E-state index in [0.717, 1.165) is 25.3 Å². The van der Waals surface area contributed by atoms with Crippen molar-refractivity contribution in [1.29, 1.82) is 0 Å². The zero-order valence-corrected chi connectivity index (χ0v) is 14.0. The van der Waals surface area contributed by atoms with Gasteiger partial charge in [0.15, 0.2) is 0 Å². The Morgan fingerprint density at radius 2 is 2.21 bits per heavy atom. The minimum atomic E-state index is -0.363. The number of hydrogen-bond acceptors (Lipinski definition) is 3. The number of benzene rings is 1. The highest BCUT2D eigenvalue weighted by molar-refractivity contribution is 6.31. The second kappa shape index (κ2) is 7.62. The first-order valence-electron chi connectivity index (χ1n) is 8.01. The number of nitrogens with zero attached hydrogens (tertiary/aromatic N) is 2. The molecule has 1 saturated heterocycles. The van der Waals surface area contributed by atoms with Crippen LogP contribution in [0.4, 0.5) is 10.2 Å². The molecule has 6 heteroatoms. The van der Waals surface area contributed by atoms with Gasteiger partial charge in [0.1, 0.15) is 11.6 Å². The summed E-state index contributed by atoms with van der Waals surface area (Å²) in [4.78, 5) is 18.6. The van der Waals surface area contributed by atoms with Crippen LogP contribution >= 0.6 is 11.6 Å². The Bertz CT molecular complexity index is 690. The quantitative estimate of drug-likeness (QED) is 0.903. The van der Waals surface area contributed by atoms with Gasteiger partial charge in [0.25, 0.3) is 0 Å². The predicted octanol–water partition coefficient (Wildman–Crippen LogP) is 3.20. The molecule has 0 aliphatic carbocycles. The second-order valence-electron chi connectivity index (χ2n) is 5.89. The van der Waals surface area contributed by atoms with Gasteiger partial charge in [-0.3, -0.25) is 4.79 Å². The molecule has 3 rings (SSSR count). The van der Waals surface area contributed by atoms with Crippen molar-refractivity contribution in [2.45, 2.75) is 25.3 Å². The van der Waals surface area contributed by atoms with Crippen LogP contribution in [0.3, 0.4) is 0 Å². The Morgan fingerprint density at radius 3 is 2.96 bits per heavy atom. The summed E-state index contributed by atoms with van der Waals surface area (Å²) < 4.78 is 13.7. The lowest BCUT2D eigenvalue weighted by molar-refractivity contribution is -0.121. The highest BCUT2D eigenvalue weighted by Gasteiger charge is 2.24. The zero-order chi connectivity index (χ0) is 16.9. The summed E-state index contributed by atoms with van der Waals surface area (Å²) in [6.07, 6.45) is 3.16. The lowest BCUT2D eigenvalue weighted by Crippen LogP contribution is -2.37. The van der Waals surface area contributed by atoms with Crippen LogP contribution in [0.2, 0.25) is 5.02 Å². The van der Waals surface area contributed by atoms with Crippen molar-refractivity contribution in [2.24, 2.45) is 0 Å². The van der Waals surface area contributed by atoms with E-state index in [-0.39, 0.29) is 24.2 Å². The minimum absolute atomic E-state index is 0.0813. The maximum Gasteiger partial charge on any atom is 0.220 e. The van der Waals surface area contributed by atoms with Gasteiger partial charge in [0.2, 0.25) is 5.91 Å². The Hall–Kier alpha value is -2.14. The molecule has 2 aromatic rings. The van der Waals surface area contributed by atoms with Crippen LogP contribution in [0, 0.1) is 5.82 Å². The average Bonchev–Trinajstić information content (AvgIpc) is 3.03. The van der Waals surface area contributed by atoms with Gasteiger partial charge in [-0.25, -0.2) is 9.37 Å². The fraction of sp³-hybridized carbons (Fsp3) is 0.333. The molecule has 126 valence electrons. The summed E-state index contributed by atoms with van der Waals surface area (Å²) in [6.45, 7) is 1.60. The van der Waals surface area contributed by atoms with Crippen LogP contribution in [-0.4, -0.2) is 30.0 Å². The first kappa shape index (κ1) is 16.7. The summed E-state index contributed by atoms with van der Waals surface area (Å²) in [6, 6.07) is 10.5. The molecule has 4 nitrogen and oxygen atoms in total. The Labute approximate surface area is 145 Å². The van der Waals surface area contributed by atoms with Gasteiger partial charge in [-0.1, -0.05) is 23.7 Å². The highest BCUT2D eigenvalue weighted by atomic mass is 35.5. The standard InChI is InChI=1S/C18H19ClFN3O/c19-15-4-3-5-16(20)14(15)7-8-18(24)22-13-9-11-23(12-13)17-6-1-2-10-21-17/h1-6,10,13H,7-9,11-12H2,(H,22,24). The number of aromatic nitrogens is 1. The van der Waals surface area contributed by atoms with Crippen molar-refractivity contribution < 1.29 is 9.18 Å². The summed E-state index contributed by atoms with van der Waals surface area (Å²) in [5.74, 6) is 0.479. The number of nitrogens with one attached hydrogen (secondary N) is 1. The van der Waals surface area contributed by atoms with E-state index in [1.54, 1.807) is 18.3 Å². The molecule has 24 heavy (non-hydrogen) atoms. The zero-order valence-electron chi connectivity index (χ0n) is 13.2. The highest BCUT2D eigenvalue weighted by Crippen LogP contribution is 2.21. The molecule has 1 unspecified atom stereocenters. The third-order valence-corrected chi connectivity index (χ3v) is 4.54. The second-order valence-corrected chi connectivity index (χ2v) is 6.29. The van der Waals surface area contributed by atoms with Gasteiger partial charge in [-0.2, -0.15) is 0 Å². The van der Waals surface area contributed by atoms with E-state index in [2.05, 4.69) is 15.2 Å². The molecule has 2 heterocycles. The Morgan fingerprint density at radius 1 is 1.33 bits per heavy atom. The third kappa shape index (κ3) is 4.03. The van der Waals surface area contributed by atoms with Crippen molar-refractivity contribution in [3.63, 3.8) is 0 Å². The number of hydrogen-bond donors (Lipinski definition) is 1. The molecule has 1 N–H and O–H groups in total. The van der Waals surface area contributed by atoms with Gasteiger partial charge < -0.3 is 10.2 Å². The fourth-order valence-corrected chi connectivity index (χ4v) is 3.19. The summed E-state index contributed by atoms with van der Waals surface area (Å²) >= 11 is 5.98. The molecule has 1 fully saturated rings. The SMILES string of the molecule is O=C(CCc1c(F)cccc1Cl)NC1CCN(c2ccccn2)C1. The number of pyridine rings is 1. The summed E-state index contributed by atoms with van der Waals surface area (Å²) in [5.41, 5.74) is 0.399. The molecule has 0 radical (unpaired) electrons. The van der Waals surface area contributed by atoms with E-state index >= 15 is 0 Å². The van der Waals surface area contributed by atoms with E-state index < -0.39 is 0 Å². The molecular formula is C18H19ClFN3O. The van der Waals surface area contributed by atoms with Crippen LogP contribution in [0.15, 0.2) is 42.6 Å². The fourth-order valence-electron chi connectivity index (χ4n) is 2.94. The number of amides is 1. The number of carbonyl (C=O) groups excluding carboxylic acids is 1. The smallest absolute Gasteiger partial charge is 0.220 e. The molecule has 1 aliphatic rings. The number of anilines is 1. The topological polar surface area (TPSA) is 45.2 Å². The van der Waals surface area contributed by atoms with E-state index in [9.17, 15) is 9.18 Å². The molecular weight excluding hydrogens is 329 g/mol. The predicted molar refractivity (Wildman–Crippen MR) is 92.7 cm³/mol. The molecule has 1 amide bonds. The van der Waals surface area contributed by atoms with Crippen molar-refractivity contribution >= 4 is 23.3 Å². The van der Waals surface area contributed by atoms with Gasteiger partial charge in [0, 0.05) is 42.3 Å². The Balaban J connectivity index is 1.49. The maximum absolute atomic E-state index is 13.7. The van der Waals surface area contributed by atoms with Crippen LogP contribution in [0.1, 0.15) is 18.4 Å². The van der Waals surface area contributed by atoms with Crippen LogP contribution in [0.25, 0.3) is 0 Å². The van der Waals surface area contributed by atoms with Crippen molar-refractivity contribution in [3.8, 4) is 0 Å². The summed E-state index contributed by atoms with van der Waals surface area (Å²) in [7, 11) is 0. The van der Waals surface area contributed by atoms with Gasteiger partial charge in [-0.05, 0) is 37.1 Å². The van der Waals surface area contributed by atoms with E-state index in [1.807, 2.05) is 18.2 Å². The van der Waals surface area contributed by atoms with Crippen LogP contribution < -0.4 is 10.2 Å². The molecule has 1 aromatic carbocycles. The van der Waals surface area contributed by atoms with Crippen LogP contribution in [0.5, 0.6) is 0 Å². The van der Waals surface area contributed by atoms with E-state index in [0.29, 0.717) is 17.0 Å². The number of carbonyl (C=O) groups is 1. The van der Waals surface area contributed by atoms with Gasteiger partial charge in [0.05, 0.1) is 0 Å². The molecule has 0 bridgehead atoms. The van der Waals surface area contributed by atoms with Crippen molar-refractivity contribution in [1.82, 2.24) is 10.3 Å². The lowest BCUT2D eigenvalue weighted by Gasteiger charge is -2.17. The molecule has 1 atom stereocenters. The van der Waals surface area contributed by atoms with E-state index in [4.69, 9.17) is 11.6 Å². The lowest BCUT2D eigenvalue weighted by atomic mass is 10.1. The third-order valence-electron chi connectivity index (χ3n) is 4.19. The molecule has 1 aromatic heterocycles. The normalized spacial score (nSPS) is 17.1. The monoisotopic (exact) mass is 347 g/mol. The van der Waals surface area contributed by atoms with Crippen LogP contribution in [-0.2, 0) is 11.2 Å². The van der Waals surface area contributed by atoms with E-state index in [1.165, 1.54) is 6.07 Å². The first-order chi connectivity index (χ1) is 11.6. The van der Waals surface area contributed by atoms with Gasteiger partial charge >= 0.3 is 0 Å². The minimum Gasteiger partial charge on any atom is -0.354 e. The molecule has 0 saturated carbocycles. The van der Waals surface area contributed by atoms with Gasteiger partial charge in [-0.15, -0.1) is 0 Å². The first-order valence-corrected chi connectivity index (χ1v) is 8.39. The Kier molecular flexibility index (Phi) is 5.30. The molecule has 1 aliphatic heterocycles. The number of rotatable bonds is 5. The van der Waals surface area contributed by atoms with Crippen molar-refractivity contribution in [2.75, 3.05) is 18.0 Å². The maximum atomic E-state index is 13.7. The molecule has 0 spiro atoms.